The average molecular weight is 318 g/mol. The summed E-state index contributed by atoms with van der Waals surface area (Å²) in [6.07, 6.45) is 0. The van der Waals surface area contributed by atoms with Crippen molar-refractivity contribution in [3.63, 3.8) is 0 Å². The molecular formula is C13H16F2N2O3S. The zero-order valence-electron chi connectivity index (χ0n) is 11.6. The molecule has 2 rings (SSSR count). The van der Waals surface area contributed by atoms with Crippen LogP contribution in [0.25, 0.3) is 0 Å². The van der Waals surface area contributed by atoms with Gasteiger partial charge in [-0.1, -0.05) is 0 Å². The molecule has 0 atom stereocenters. The number of carbonyl (C=O) groups is 1. The average Bonchev–Trinajstić information content (AvgIpc) is 2.47. The van der Waals surface area contributed by atoms with Gasteiger partial charge in [0.1, 0.15) is 11.6 Å². The lowest BCUT2D eigenvalue weighted by atomic mass is 10.1. The first kappa shape index (κ1) is 15.8. The summed E-state index contributed by atoms with van der Waals surface area (Å²) in [6.45, 7) is 2.31. The van der Waals surface area contributed by atoms with Crippen molar-refractivity contribution in [1.82, 2.24) is 9.21 Å². The maximum absolute atomic E-state index is 13.6. The van der Waals surface area contributed by atoms with E-state index in [0.29, 0.717) is 6.07 Å². The maximum Gasteiger partial charge on any atom is 0.256 e. The van der Waals surface area contributed by atoms with Crippen LogP contribution in [0.4, 0.5) is 8.78 Å². The van der Waals surface area contributed by atoms with Crippen molar-refractivity contribution in [3.05, 3.63) is 35.4 Å². The second kappa shape index (κ2) is 6.07. The number of carbonyl (C=O) groups excluding carboxylic acids is 1. The molecular weight excluding hydrogens is 302 g/mol. The van der Waals surface area contributed by atoms with E-state index in [1.54, 1.807) is 6.92 Å². The topological polar surface area (TPSA) is 57.7 Å². The van der Waals surface area contributed by atoms with Gasteiger partial charge in [-0.05, 0) is 19.1 Å². The summed E-state index contributed by atoms with van der Waals surface area (Å²) in [6, 6.07) is 2.78. The first-order valence-corrected chi connectivity index (χ1v) is 8.18. The Balaban J connectivity index is 2.07. The van der Waals surface area contributed by atoms with Crippen LogP contribution in [0.3, 0.4) is 0 Å². The van der Waals surface area contributed by atoms with Gasteiger partial charge in [0.15, 0.2) is 0 Å². The highest BCUT2D eigenvalue weighted by Gasteiger charge is 2.29. The Morgan fingerprint density at radius 1 is 1.19 bits per heavy atom. The van der Waals surface area contributed by atoms with Crippen molar-refractivity contribution in [1.29, 1.82) is 0 Å². The van der Waals surface area contributed by atoms with Crippen LogP contribution >= 0.6 is 0 Å². The largest absolute Gasteiger partial charge is 0.336 e. The Hall–Kier alpha value is -1.54. The van der Waals surface area contributed by atoms with Crippen LogP contribution in [0.1, 0.15) is 17.3 Å². The second-order valence-corrected chi connectivity index (χ2v) is 6.97. The van der Waals surface area contributed by atoms with Gasteiger partial charge in [-0.25, -0.2) is 17.2 Å². The molecule has 1 amide bonds. The minimum Gasteiger partial charge on any atom is -0.336 e. The molecule has 0 aromatic heterocycles. The number of amides is 1. The number of benzene rings is 1. The van der Waals surface area contributed by atoms with Crippen LogP contribution in [0.15, 0.2) is 18.2 Å². The molecule has 1 aromatic carbocycles. The molecule has 116 valence electrons. The normalized spacial score (nSPS) is 17.0. The van der Waals surface area contributed by atoms with Gasteiger partial charge in [-0.15, -0.1) is 0 Å². The van der Waals surface area contributed by atoms with E-state index < -0.39 is 27.6 Å². The van der Waals surface area contributed by atoms with Crippen molar-refractivity contribution in [2.45, 2.75) is 6.92 Å². The number of piperazine rings is 1. The monoisotopic (exact) mass is 318 g/mol. The van der Waals surface area contributed by atoms with E-state index in [0.717, 1.165) is 12.1 Å². The predicted molar refractivity (Wildman–Crippen MR) is 73.3 cm³/mol. The molecule has 1 fully saturated rings. The van der Waals surface area contributed by atoms with Crippen LogP contribution in [0, 0.1) is 11.6 Å². The van der Waals surface area contributed by atoms with E-state index in [9.17, 15) is 22.0 Å². The Morgan fingerprint density at radius 3 is 2.33 bits per heavy atom. The summed E-state index contributed by atoms with van der Waals surface area (Å²) >= 11 is 0. The summed E-state index contributed by atoms with van der Waals surface area (Å²) in [4.78, 5) is 13.5. The quantitative estimate of drug-likeness (QED) is 0.838. The Kier molecular flexibility index (Phi) is 4.58. The summed E-state index contributed by atoms with van der Waals surface area (Å²) in [5.74, 6) is -2.21. The van der Waals surface area contributed by atoms with Crippen molar-refractivity contribution in [2.24, 2.45) is 0 Å². The molecule has 0 spiro atoms. The minimum atomic E-state index is -3.28. The number of rotatable bonds is 3. The van der Waals surface area contributed by atoms with E-state index >= 15 is 0 Å². The number of hydrogen-bond acceptors (Lipinski definition) is 3. The molecule has 5 nitrogen and oxygen atoms in total. The lowest BCUT2D eigenvalue weighted by Gasteiger charge is -2.33. The number of sulfonamides is 1. The molecule has 1 aliphatic heterocycles. The summed E-state index contributed by atoms with van der Waals surface area (Å²) in [7, 11) is -3.28. The van der Waals surface area contributed by atoms with Crippen molar-refractivity contribution in [2.75, 3.05) is 31.9 Å². The Bertz CT molecular complexity index is 641. The molecule has 1 aliphatic rings. The molecule has 0 unspecified atom stereocenters. The van der Waals surface area contributed by atoms with E-state index in [1.165, 1.54) is 9.21 Å². The zero-order valence-corrected chi connectivity index (χ0v) is 12.4. The SMILES string of the molecule is CCS(=O)(=O)N1CCN(C(=O)c2ccc(F)cc2F)CC1. The number of nitrogens with zero attached hydrogens (tertiary/aromatic N) is 2. The second-order valence-electron chi connectivity index (χ2n) is 4.72. The van der Waals surface area contributed by atoms with Crippen LogP contribution < -0.4 is 0 Å². The van der Waals surface area contributed by atoms with Crippen LogP contribution in [-0.4, -0.2) is 55.5 Å². The third-order valence-corrected chi connectivity index (χ3v) is 5.33. The molecule has 0 saturated carbocycles. The molecule has 0 radical (unpaired) electrons. The van der Waals surface area contributed by atoms with Crippen LogP contribution in [-0.2, 0) is 10.0 Å². The van der Waals surface area contributed by atoms with Gasteiger partial charge in [-0.3, -0.25) is 4.79 Å². The van der Waals surface area contributed by atoms with E-state index in [-0.39, 0.29) is 37.5 Å². The summed E-state index contributed by atoms with van der Waals surface area (Å²) in [5, 5.41) is 0. The molecule has 21 heavy (non-hydrogen) atoms. The highest BCUT2D eigenvalue weighted by Crippen LogP contribution is 2.15. The highest BCUT2D eigenvalue weighted by molar-refractivity contribution is 7.89. The molecule has 0 N–H and O–H groups in total. The van der Waals surface area contributed by atoms with Crippen LogP contribution in [0.5, 0.6) is 0 Å². The third-order valence-electron chi connectivity index (χ3n) is 3.45. The van der Waals surface area contributed by atoms with E-state index in [4.69, 9.17) is 0 Å². The van der Waals surface area contributed by atoms with Crippen molar-refractivity contribution >= 4 is 15.9 Å². The number of halogens is 2. The van der Waals surface area contributed by atoms with Gasteiger partial charge < -0.3 is 4.90 Å². The van der Waals surface area contributed by atoms with Gasteiger partial charge in [0.05, 0.1) is 11.3 Å². The van der Waals surface area contributed by atoms with Gasteiger partial charge in [-0.2, -0.15) is 4.31 Å². The van der Waals surface area contributed by atoms with Crippen molar-refractivity contribution < 1.29 is 22.0 Å². The molecule has 1 saturated heterocycles. The third kappa shape index (κ3) is 3.38. The minimum absolute atomic E-state index is 0.00748. The van der Waals surface area contributed by atoms with Gasteiger partial charge in [0.25, 0.3) is 5.91 Å². The molecule has 1 heterocycles. The fourth-order valence-electron chi connectivity index (χ4n) is 2.19. The fraction of sp³-hybridized carbons (Fsp3) is 0.462. The molecule has 1 aromatic rings. The number of hydrogen-bond donors (Lipinski definition) is 0. The van der Waals surface area contributed by atoms with Gasteiger partial charge in [0, 0.05) is 32.2 Å². The summed E-state index contributed by atoms with van der Waals surface area (Å²) in [5.41, 5.74) is -0.205. The molecule has 0 aliphatic carbocycles. The van der Waals surface area contributed by atoms with E-state index in [1.807, 2.05) is 0 Å². The van der Waals surface area contributed by atoms with E-state index in [2.05, 4.69) is 0 Å². The first-order chi connectivity index (χ1) is 9.85. The first-order valence-electron chi connectivity index (χ1n) is 6.57. The van der Waals surface area contributed by atoms with Gasteiger partial charge >= 0.3 is 0 Å². The Morgan fingerprint density at radius 2 is 1.81 bits per heavy atom. The van der Waals surface area contributed by atoms with Gasteiger partial charge in [0.2, 0.25) is 10.0 Å². The molecule has 0 bridgehead atoms. The standard InChI is InChI=1S/C13H16F2N2O3S/c1-2-21(19,20)17-7-5-16(6-8-17)13(18)11-4-3-10(14)9-12(11)15/h3-4,9H,2,5-8H2,1H3. The highest BCUT2D eigenvalue weighted by atomic mass is 32.2. The fourth-order valence-corrected chi connectivity index (χ4v) is 3.27. The zero-order chi connectivity index (χ0) is 15.6. The predicted octanol–water partition coefficient (Wildman–Crippen LogP) is 1.07. The van der Waals surface area contributed by atoms with Crippen LogP contribution in [0.2, 0.25) is 0 Å². The summed E-state index contributed by atoms with van der Waals surface area (Å²) < 4.78 is 51.2. The Labute approximate surface area is 122 Å². The lowest BCUT2D eigenvalue weighted by molar-refractivity contribution is 0.0693. The lowest BCUT2D eigenvalue weighted by Crippen LogP contribution is -2.51. The van der Waals surface area contributed by atoms with Crippen molar-refractivity contribution in [3.8, 4) is 0 Å². The molecule has 8 heteroatoms. The maximum atomic E-state index is 13.6. The smallest absolute Gasteiger partial charge is 0.256 e.